The van der Waals surface area contributed by atoms with Crippen molar-refractivity contribution in [3.8, 4) is 11.5 Å². The highest BCUT2D eigenvalue weighted by Gasteiger charge is 2.50. The topological polar surface area (TPSA) is 68.2 Å². The van der Waals surface area contributed by atoms with Crippen LogP contribution < -0.4 is 9.47 Å². The fourth-order valence-electron chi connectivity index (χ4n) is 4.08. The first-order valence-corrected chi connectivity index (χ1v) is 8.42. The first-order chi connectivity index (χ1) is 12.0. The number of carboxylic acid groups (broad SMARTS) is 1. The highest BCUT2D eigenvalue weighted by molar-refractivity contribution is 5.72. The first-order valence-electron chi connectivity index (χ1n) is 8.42. The second-order valence-corrected chi connectivity index (χ2v) is 6.83. The van der Waals surface area contributed by atoms with E-state index in [4.69, 9.17) is 14.2 Å². The molecule has 1 aromatic carbocycles. The van der Waals surface area contributed by atoms with Gasteiger partial charge in [0.15, 0.2) is 11.5 Å². The van der Waals surface area contributed by atoms with Crippen molar-refractivity contribution in [1.29, 1.82) is 0 Å². The molecular formula is C18H24FNO5. The van der Waals surface area contributed by atoms with Crippen LogP contribution in [0.2, 0.25) is 0 Å². The Labute approximate surface area is 146 Å². The maximum atomic E-state index is 14.4. The van der Waals surface area contributed by atoms with Crippen molar-refractivity contribution in [3.05, 3.63) is 23.5 Å². The SMILES string of the molecule is COc1cc(F)c(CN2CC(C(=O)O)C3(CCOCC3)C2)cc1OC. The molecule has 2 heterocycles. The molecule has 0 bridgehead atoms. The maximum Gasteiger partial charge on any atom is 0.308 e. The van der Waals surface area contributed by atoms with Crippen LogP contribution in [-0.2, 0) is 16.1 Å². The Bertz CT molecular complexity index is 645. The largest absolute Gasteiger partial charge is 0.493 e. The number of hydrogen-bond acceptors (Lipinski definition) is 5. The predicted octanol–water partition coefficient (Wildman–Crippen LogP) is 2.16. The molecule has 7 heteroatoms. The second-order valence-electron chi connectivity index (χ2n) is 6.83. The van der Waals surface area contributed by atoms with Crippen LogP contribution in [0.4, 0.5) is 4.39 Å². The summed E-state index contributed by atoms with van der Waals surface area (Å²) in [7, 11) is 2.97. The third kappa shape index (κ3) is 3.43. The third-order valence-corrected chi connectivity index (χ3v) is 5.45. The molecule has 2 aliphatic rings. The molecular weight excluding hydrogens is 329 g/mol. The molecule has 3 rings (SSSR count). The predicted molar refractivity (Wildman–Crippen MR) is 88.4 cm³/mol. The summed E-state index contributed by atoms with van der Waals surface area (Å²) in [5.74, 6) is -0.794. The van der Waals surface area contributed by atoms with Crippen molar-refractivity contribution in [2.24, 2.45) is 11.3 Å². The molecule has 0 saturated carbocycles. The average molecular weight is 353 g/mol. The van der Waals surface area contributed by atoms with Gasteiger partial charge >= 0.3 is 5.97 Å². The van der Waals surface area contributed by atoms with Gasteiger partial charge in [-0.3, -0.25) is 9.69 Å². The molecule has 2 saturated heterocycles. The van der Waals surface area contributed by atoms with E-state index in [-0.39, 0.29) is 11.2 Å². The van der Waals surface area contributed by atoms with E-state index in [9.17, 15) is 14.3 Å². The Morgan fingerprint density at radius 2 is 1.96 bits per heavy atom. The van der Waals surface area contributed by atoms with Crippen molar-refractivity contribution in [1.82, 2.24) is 4.90 Å². The fraction of sp³-hybridized carbons (Fsp3) is 0.611. The number of rotatable bonds is 5. The van der Waals surface area contributed by atoms with Gasteiger partial charge in [0, 0.05) is 49.9 Å². The summed E-state index contributed by atoms with van der Waals surface area (Å²) in [5.41, 5.74) is 0.197. The number of benzene rings is 1. The van der Waals surface area contributed by atoms with Crippen LogP contribution in [0.5, 0.6) is 11.5 Å². The van der Waals surface area contributed by atoms with E-state index in [1.54, 1.807) is 6.07 Å². The van der Waals surface area contributed by atoms with Crippen LogP contribution in [0.1, 0.15) is 18.4 Å². The Balaban J connectivity index is 1.81. The maximum absolute atomic E-state index is 14.4. The van der Waals surface area contributed by atoms with Crippen LogP contribution in [-0.4, -0.2) is 56.5 Å². The molecule has 1 atom stereocenters. The van der Waals surface area contributed by atoms with Gasteiger partial charge in [-0.05, 0) is 18.9 Å². The molecule has 2 aliphatic heterocycles. The minimum atomic E-state index is -0.780. The Hall–Kier alpha value is -1.86. The van der Waals surface area contributed by atoms with Crippen LogP contribution in [0.3, 0.4) is 0 Å². The van der Waals surface area contributed by atoms with Gasteiger partial charge in [0.05, 0.1) is 20.1 Å². The van der Waals surface area contributed by atoms with Gasteiger partial charge in [-0.1, -0.05) is 0 Å². The van der Waals surface area contributed by atoms with Crippen LogP contribution in [0.25, 0.3) is 0 Å². The molecule has 1 N–H and O–H groups in total. The lowest BCUT2D eigenvalue weighted by Crippen LogP contribution is -2.40. The van der Waals surface area contributed by atoms with E-state index in [1.165, 1.54) is 20.3 Å². The lowest BCUT2D eigenvalue weighted by atomic mass is 9.72. The first kappa shape index (κ1) is 17.9. The zero-order valence-corrected chi connectivity index (χ0v) is 14.6. The van der Waals surface area contributed by atoms with E-state index in [0.29, 0.717) is 49.9 Å². The molecule has 0 aromatic heterocycles. The number of carboxylic acids is 1. The fourth-order valence-corrected chi connectivity index (χ4v) is 4.08. The van der Waals surface area contributed by atoms with Crippen LogP contribution in [0.15, 0.2) is 12.1 Å². The van der Waals surface area contributed by atoms with E-state index < -0.39 is 11.9 Å². The summed E-state index contributed by atoms with van der Waals surface area (Å²) < 4.78 is 30.2. The second kappa shape index (κ2) is 7.17. The summed E-state index contributed by atoms with van der Waals surface area (Å²) in [5, 5.41) is 9.64. The Morgan fingerprint density at radius 3 is 2.56 bits per heavy atom. The highest BCUT2D eigenvalue weighted by atomic mass is 19.1. The van der Waals surface area contributed by atoms with Crippen LogP contribution >= 0.6 is 0 Å². The summed E-state index contributed by atoms with van der Waals surface area (Å²) >= 11 is 0. The van der Waals surface area contributed by atoms with E-state index in [1.807, 2.05) is 4.90 Å². The van der Waals surface area contributed by atoms with Gasteiger partial charge in [0.2, 0.25) is 0 Å². The van der Waals surface area contributed by atoms with Gasteiger partial charge in [-0.15, -0.1) is 0 Å². The zero-order chi connectivity index (χ0) is 18.0. The summed E-state index contributed by atoms with van der Waals surface area (Å²) in [6.45, 7) is 2.58. The zero-order valence-electron chi connectivity index (χ0n) is 14.6. The van der Waals surface area contributed by atoms with Gasteiger partial charge in [0.25, 0.3) is 0 Å². The summed E-state index contributed by atoms with van der Waals surface area (Å²) in [6.07, 6.45) is 1.46. The molecule has 1 aromatic rings. The Morgan fingerprint density at radius 1 is 1.32 bits per heavy atom. The number of aliphatic carboxylic acids is 1. The number of halogens is 1. The number of likely N-dealkylation sites (tertiary alicyclic amines) is 1. The molecule has 2 fully saturated rings. The van der Waals surface area contributed by atoms with Crippen molar-refractivity contribution in [2.75, 3.05) is 40.5 Å². The van der Waals surface area contributed by atoms with Crippen molar-refractivity contribution in [2.45, 2.75) is 19.4 Å². The van der Waals surface area contributed by atoms with Gasteiger partial charge in [0.1, 0.15) is 5.82 Å². The Kier molecular flexibility index (Phi) is 5.15. The average Bonchev–Trinajstić information content (AvgIpc) is 2.94. The normalized spacial score (nSPS) is 22.9. The molecule has 25 heavy (non-hydrogen) atoms. The minimum Gasteiger partial charge on any atom is -0.493 e. The molecule has 0 amide bonds. The van der Waals surface area contributed by atoms with E-state index >= 15 is 0 Å². The lowest BCUT2D eigenvalue weighted by Gasteiger charge is -2.36. The standard InChI is InChI=1S/C18H24FNO5/c1-23-15-7-12(14(19)8-16(15)24-2)9-20-10-13(17(21)22)18(11-20)3-5-25-6-4-18/h7-8,13H,3-6,9-11H2,1-2H3,(H,21,22). The molecule has 1 unspecified atom stereocenters. The van der Waals surface area contributed by atoms with Gasteiger partial charge in [-0.25, -0.2) is 4.39 Å². The van der Waals surface area contributed by atoms with E-state index in [0.717, 1.165) is 12.8 Å². The van der Waals surface area contributed by atoms with Crippen molar-refractivity contribution < 1.29 is 28.5 Å². The number of nitrogens with zero attached hydrogens (tertiary/aromatic N) is 1. The third-order valence-electron chi connectivity index (χ3n) is 5.45. The smallest absolute Gasteiger partial charge is 0.308 e. The molecule has 0 radical (unpaired) electrons. The molecule has 0 aliphatic carbocycles. The highest BCUT2D eigenvalue weighted by Crippen LogP contribution is 2.45. The molecule has 138 valence electrons. The minimum absolute atomic E-state index is 0.281. The van der Waals surface area contributed by atoms with Crippen LogP contribution in [0, 0.1) is 17.2 Å². The van der Waals surface area contributed by atoms with Gasteiger partial charge < -0.3 is 19.3 Å². The number of ether oxygens (including phenoxy) is 3. The molecule has 6 nitrogen and oxygen atoms in total. The number of methoxy groups -OCH3 is 2. The quantitative estimate of drug-likeness (QED) is 0.875. The number of carbonyl (C=O) groups is 1. The van der Waals surface area contributed by atoms with Gasteiger partial charge in [-0.2, -0.15) is 0 Å². The molecule has 1 spiro atoms. The number of hydrogen-bond donors (Lipinski definition) is 1. The summed E-state index contributed by atoms with van der Waals surface area (Å²) in [4.78, 5) is 13.8. The lowest BCUT2D eigenvalue weighted by molar-refractivity contribution is -0.147. The van der Waals surface area contributed by atoms with Crippen molar-refractivity contribution >= 4 is 5.97 Å². The summed E-state index contributed by atoms with van der Waals surface area (Å²) in [6, 6.07) is 2.93. The van der Waals surface area contributed by atoms with E-state index in [2.05, 4.69) is 0 Å². The van der Waals surface area contributed by atoms with Crippen molar-refractivity contribution in [3.63, 3.8) is 0 Å². The monoisotopic (exact) mass is 353 g/mol.